The maximum Gasteiger partial charge on any atom is 0.308 e. The largest absolute Gasteiger partial charge is 0.466 e. The van der Waals surface area contributed by atoms with Gasteiger partial charge in [-0.3, -0.25) is 4.79 Å². The highest BCUT2D eigenvalue weighted by atomic mass is 16.5. The van der Waals surface area contributed by atoms with Crippen LogP contribution in [0.4, 0.5) is 0 Å². The summed E-state index contributed by atoms with van der Waals surface area (Å²) < 4.78 is 5.14. The Morgan fingerprint density at radius 2 is 1.75 bits per heavy atom. The first-order valence-electron chi connectivity index (χ1n) is 7.62. The van der Waals surface area contributed by atoms with Crippen LogP contribution in [0.5, 0.6) is 0 Å². The van der Waals surface area contributed by atoms with Crippen molar-refractivity contribution in [3.63, 3.8) is 0 Å². The summed E-state index contributed by atoms with van der Waals surface area (Å²) in [6.07, 6.45) is 6.27. The van der Waals surface area contributed by atoms with Crippen LogP contribution in [0.3, 0.4) is 0 Å². The molecule has 20 heavy (non-hydrogen) atoms. The summed E-state index contributed by atoms with van der Waals surface area (Å²) in [4.78, 5) is 11.6. The molecule has 0 radical (unpaired) electrons. The zero-order valence-electron chi connectivity index (χ0n) is 12.4. The minimum atomic E-state index is -0.770. The number of ether oxygens (including phenoxy) is 1. The molecule has 0 fully saturated rings. The highest BCUT2D eigenvalue weighted by molar-refractivity contribution is 5.70. The molecule has 3 heteroatoms. The first kappa shape index (κ1) is 16.7. The number of aliphatic hydroxyl groups excluding tert-OH is 1. The predicted octanol–water partition coefficient (Wildman–Crippen LogP) is 4.01. The van der Waals surface area contributed by atoms with Crippen LogP contribution < -0.4 is 0 Å². The van der Waals surface area contributed by atoms with E-state index in [0.29, 0.717) is 6.61 Å². The fraction of sp³-hybridized carbons (Fsp3) is 0.588. The number of hydrogen-bond acceptors (Lipinski definition) is 3. The van der Waals surface area contributed by atoms with Crippen LogP contribution in [0, 0.1) is 0 Å². The van der Waals surface area contributed by atoms with E-state index in [9.17, 15) is 9.90 Å². The standard InChI is InChI=1S/C17H26O3/c1-2-3-4-5-6-10-13-20-17(19)14-16(18)15-11-8-7-9-12-15/h7-9,11-12,16,18H,2-6,10,13-14H2,1H3. The molecule has 3 nitrogen and oxygen atoms in total. The van der Waals surface area contributed by atoms with E-state index in [1.54, 1.807) is 0 Å². The van der Waals surface area contributed by atoms with Crippen LogP contribution in [0.2, 0.25) is 0 Å². The minimum absolute atomic E-state index is 0.0276. The number of hydrogen-bond donors (Lipinski definition) is 1. The van der Waals surface area contributed by atoms with Crippen molar-refractivity contribution >= 4 is 5.97 Å². The van der Waals surface area contributed by atoms with Crippen molar-refractivity contribution in [1.29, 1.82) is 0 Å². The van der Waals surface area contributed by atoms with E-state index in [1.165, 1.54) is 25.7 Å². The molecule has 1 unspecified atom stereocenters. The van der Waals surface area contributed by atoms with Crippen molar-refractivity contribution in [1.82, 2.24) is 0 Å². The number of rotatable bonds is 10. The number of esters is 1. The first-order valence-corrected chi connectivity index (χ1v) is 7.62. The zero-order valence-corrected chi connectivity index (χ0v) is 12.4. The first-order chi connectivity index (χ1) is 9.74. The Kier molecular flexibility index (Phi) is 8.72. The Morgan fingerprint density at radius 1 is 1.10 bits per heavy atom. The summed E-state index contributed by atoms with van der Waals surface area (Å²) in [6.45, 7) is 2.66. The normalized spacial score (nSPS) is 12.1. The Labute approximate surface area is 122 Å². The van der Waals surface area contributed by atoms with Gasteiger partial charge in [0.05, 0.1) is 19.1 Å². The summed E-state index contributed by atoms with van der Waals surface area (Å²) in [6, 6.07) is 9.20. The number of carbonyl (C=O) groups excluding carboxylic acids is 1. The van der Waals surface area contributed by atoms with Crippen LogP contribution in [0.15, 0.2) is 30.3 Å². The highest BCUT2D eigenvalue weighted by Gasteiger charge is 2.13. The summed E-state index contributed by atoms with van der Waals surface area (Å²) in [5, 5.41) is 9.89. The number of unbranched alkanes of at least 4 members (excludes halogenated alkanes) is 5. The monoisotopic (exact) mass is 278 g/mol. The van der Waals surface area contributed by atoms with Gasteiger partial charge in [0.2, 0.25) is 0 Å². The molecule has 0 saturated carbocycles. The number of aliphatic hydroxyl groups is 1. The molecule has 1 aromatic rings. The average Bonchev–Trinajstić information content (AvgIpc) is 2.47. The molecule has 1 aromatic carbocycles. The lowest BCUT2D eigenvalue weighted by molar-refractivity contribution is -0.146. The van der Waals surface area contributed by atoms with Gasteiger partial charge in [-0.25, -0.2) is 0 Å². The third kappa shape index (κ3) is 7.29. The van der Waals surface area contributed by atoms with Gasteiger partial charge < -0.3 is 9.84 Å². The summed E-state index contributed by atoms with van der Waals surface area (Å²) in [5.41, 5.74) is 0.754. The van der Waals surface area contributed by atoms with Crippen LogP contribution >= 0.6 is 0 Å². The van der Waals surface area contributed by atoms with Gasteiger partial charge in [0.1, 0.15) is 0 Å². The van der Waals surface area contributed by atoms with E-state index in [1.807, 2.05) is 30.3 Å². The molecule has 0 spiro atoms. The lowest BCUT2D eigenvalue weighted by Crippen LogP contribution is -2.11. The fourth-order valence-electron chi connectivity index (χ4n) is 2.08. The molecule has 1 N–H and O–H groups in total. The summed E-state index contributed by atoms with van der Waals surface area (Å²) >= 11 is 0. The van der Waals surface area contributed by atoms with Crippen LogP contribution in [0.1, 0.15) is 63.5 Å². The molecule has 0 aliphatic heterocycles. The molecule has 1 atom stereocenters. The van der Waals surface area contributed by atoms with Crippen LogP contribution in [-0.2, 0) is 9.53 Å². The maximum atomic E-state index is 11.6. The van der Waals surface area contributed by atoms with Crippen molar-refractivity contribution in [2.45, 2.75) is 58.0 Å². The van der Waals surface area contributed by atoms with E-state index in [0.717, 1.165) is 18.4 Å². The minimum Gasteiger partial charge on any atom is -0.466 e. The Morgan fingerprint density at radius 3 is 2.45 bits per heavy atom. The third-order valence-electron chi connectivity index (χ3n) is 3.31. The Balaban J connectivity index is 2.08. The van der Waals surface area contributed by atoms with E-state index in [2.05, 4.69) is 6.92 Å². The molecular weight excluding hydrogens is 252 g/mol. The van der Waals surface area contributed by atoms with Gasteiger partial charge in [-0.1, -0.05) is 69.4 Å². The van der Waals surface area contributed by atoms with E-state index >= 15 is 0 Å². The fourth-order valence-corrected chi connectivity index (χ4v) is 2.08. The lowest BCUT2D eigenvalue weighted by atomic mass is 10.1. The van der Waals surface area contributed by atoms with Gasteiger partial charge in [0, 0.05) is 0 Å². The van der Waals surface area contributed by atoms with Crippen LogP contribution in [0.25, 0.3) is 0 Å². The second-order valence-electron chi connectivity index (χ2n) is 5.12. The molecule has 0 amide bonds. The van der Waals surface area contributed by atoms with Crippen molar-refractivity contribution in [2.75, 3.05) is 6.61 Å². The Bertz CT molecular complexity index is 362. The highest BCUT2D eigenvalue weighted by Crippen LogP contribution is 2.16. The van der Waals surface area contributed by atoms with Crippen molar-refractivity contribution < 1.29 is 14.6 Å². The molecular formula is C17H26O3. The van der Waals surface area contributed by atoms with E-state index in [4.69, 9.17) is 4.74 Å². The zero-order chi connectivity index (χ0) is 14.6. The quantitative estimate of drug-likeness (QED) is 0.519. The molecule has 0 bridgehead atoms. The smallest absolute Gasteiger partial charge is 0.308 e. The van der Waals surface area contributed by atoms with E-state index < -0.39 is 6.10 Å². The molecule has 0 saturated heterocycles. The van der Waals surface area contributed by atoms with Gasteiger partial charge in [0.25, 0.3) is 0 Å². The van der Waals surface area contributed by atoms with Crippen molar-refractivity contribution in [2.24, 2.45) is 0 Å². The third-order valence-corrected chi connectivity index (χ3v) is 3.31. The second kappa shape index (κ2) is 10.4. The predicted molar refractivity (Wildman–Crippen MR) is 80.4 cm³/mol. The number of carbonyl (C=O) groups is 1. The lowest BCUT2D eigenvalue weighted by Gasteiger charge is -2.10. The van der Waals surface area contributed by atoms with Gasteiger partial charge in [-0.15, -0.1) is 0 Å². The SMILES string of the molecule is CCCCCCCCOC(=O)CC(O)c1ccccc1. The topological polar surface area (TPSA) is 46.5 Å². The van der Waals surface area contributed by atoms with Gasteiger partial charge in [0.15, 0.2) is 0 Å². The number of benzene rings is 1. The van der Waals surface area contributed by atoms with Gasteiger partial charge in [-0.05, 0) is 12.0 Å². The van der Waals surface area contributed by atoms with E-state index in [-0.39, 0.29) is 12.4 Å². The molecule has 0 aliphatic rings. The van der Waals surface area contributed by atoms with Gasteiger partial charge >= 0.3 is 5.97 Å². The average molecular weight is 278 g/mol. The second-order valence-corrected chi connectivity index (χ2v) is 5.12. The van der Waals surface area contributed by atoms with Crippen LogP contribution in [-0.4, -0.2) is 17.7 Å². The molecule has 0 aromatic heterocycles. The molecule has 112 valence electrons. The summed E-state index contributed by atoms with van der Waals surface area (Å²) in [7, 11) is 0. The maximum absolute atomic E-state index is 11.6. The molecule has 1 rings (SSSR count). The van der Waals surface area contributed by atoms with Crippen molar-refractivity contribution in [3.8, 4) is 0 Å². The Hall–Kier alpha value is -1.35. The van der Waals surface area contributed by atoms with Gasteiger partial charge in [-0.2, -0.15) is 0 Å². The molecule has 0 heterocycles. The summed E-state index contributed by atoms with van der Waals surface area (Å²) in [5.74, 6) is -0.324. The molecule has 0 aliphatic carbocycles. The van der Waals surface area contributed by atoms with Crippen molar-refractivity contribution in [3.05, 3.63) is 35.9 Å².